The van der Waals surface area contributed by atoms with Crippen molar-refractivity contribution in [3.05, 3.63) is 51.7 Å². The Balaban J connectivity index is 2.64. The quantitative estimate of drug-likeness (QED) is 0.772. The SMILES string of the molecule is Cc1cc(-c2cc(Br)cc(C)c2N)ccc1F. The summed E-state index contributed by atoms with van der Waals surface area (Å²) in [7, 11) is 0. The Hall–Kier alpha value is -1.35. The maximum absolute atomic E-state index is 13.2. The lowest BCUT2D eigenvalue weighted by Gasteiger charge is -2.10. The van der Waals surface area contributed by atoms with Crippen molar-refractivity contribution in [1.82, 2.24) is 0 Å². The van der Waals surface area contributed by atoms with Crippen LogP contribution in [0.25, 0.3) is 11.1 Å². The third-order valence-corrected chi connectivity index (χ3v) is 3.28. The van der Waals surface area contributed by atoms with Crippen molar-refractivity contribution in [3.63, 3.8) is 0 Å². The molecule has 1 nitrogen and oxygen atoms in total. The standard InChI is InChI=1S/C14H13BrFN/c1-8-5-10(3-4-13(8)16)12-7-11(15)6-9(2)14(12)17/h3-7H,17H2,1-2H3. The van der Waals surface area contributed by atoms with Crippen LogP contribution in [0, 0.1) is 19.7 Å². The second-order valence-electron chi connectivity index (χ2n) is 4.15. The fraction of sp³-hybridized carbons (Fsp3) is 0.143. The first-order valence-corrected chi connectivity index (χ1v) is 6.10. The van der Waals surface area contributed by atoms with Gasteiger partial charge in [-0.15, -0.1) is 0 Å². The summed E-state index contributed by atoms with van der Waals surface area (Å²) in [5, 5.41) is 0. The first kappa shape index (κ1) is 12.1. The van der Waals surface area contributed by atoms with Crippen molar-refractivity contribution in [2.45, 2.75) is 13.8 Å². The van der Waals surface area contributed by atoms with Crippen molar-refractivity contribution in [2.24, 2.45) is 0 Å². The van der Waals surface area contributed by atoms with E-state index >= 15 is 0 Å². The van der Waals surface area contributed by atoms with Gasteiger partial charge in [0.25, 0.3) is 0 Å². The number of nitrogens with two attached hydrogens (primary N) is 1. The summed E-state index contributed by atoms with van der Waals surface area (Å²) in [5.41, 5.74) is 10.3. The number of aryl methyl sites for hydroxylation is 2. The minimum Gasteiger partial charge on any atom is -0.398 e. The number of nitrogen functional groups attached to an aromatic ring is 1. The molecule has 0 aromatic heterocycles. The van der Waals surface area contributed by atoms with Crippen LogP contribution in [0.2, 0.25) is 0 Å². The minimum atomic E-state index is -0.195. The van der Waals surface area contributed by atoms with Crippen molar-refractivity contribution >= 4 is 21.6 Å². The molecule has 0 radical (unpaired) electrons. The number of rotatable bonds is 1. The molecule has 0 bridgehead atoms. The maximum atomic E-state index is 13.2. The van der Waals surface area contributed by atoms with Gasteiger partial charge in [-0.25, -0.2) is 4.39 Å². The van der Waals surface area contributed by atoms with Gasteiger partial charge in [0, 0.05) is 15.7 Å². The topological polar surface area (TPSA) is 26.0 Å². The number of hydrogen-bond acceptors (Lipinski definition) is 1. The Morgan fingerprint density at radius 3 is 2.41 bits per heavy atom. The molecule has 0 aliphatic carbocycles. The fourth-order valence-electron chi connectivity index (χ4n) is 1.81. The van der Waals surface area contributed by atoms with E-state index in [1.165, 1.54) is 6.07 Å². The molecule has 2 N–H and O–H groups in total. The summed E-state index contributed by atoms with van der Waals surface area (Å²) >= 11 is 3.45. The van der Waals surface area contributed by atoms with E-state index in [1.54, 1.807) is 13.0 Å². The minimum absolute atomic E-state index is 0.195. The molecule has 0 amide bonds. The van der Waals surface area contributed by atoms with Gasteiger partial charge in [-0.05, 0) is 54.8 Å². The predicted octanol–water partition coefficient (Wildman–Crippen LogP) is 4.45. The highest BCUT2D eigenvalue weighted by Gasteiger charge is 2.08. The van der Waals surface area contributed by atoms with Gasteiger partial charge in [-0.2, -0.15) is 0 Å². The number of anilines is 1. The molecule has 0 aliphatic rings. The molecule has 0 atom stereocenters. The van der Waals surface area contributed by atoms with E-state index in [1.807, 2.05) is 25.1 Å². The molecule has 0 heterocycles. The van der Waals surface area contributed by atoms with Gasteiger partial charge in [0.05, 0.1) is 0 Å². The van der Waals surface area contributed by atoms with E-state index in [0.29, 0.717) is 5.56 Å². The molecule has 3 heteroatoms. The molecular weight excluding hydrogens is 281 g/mol. The van der Waals surface area contributed by atoms with Crippen molar-refractivity contribution < 1.29 is 4.39 Å². The van der Waals surface area contributed by atoms with Crippen LogP contribution in [0.1, 0.15) is 11.1 Å². The summed E-state index contributed by atoms with van der Waals surface area (Å²) in [6.45, 7) is 3.71. The van der Waals surface area contributed by atoms with Gasteiger partial charge in [0.2, 0.25) is 0 Å². The summed E-state index contributed by atoms with van der Waals surface area (Å²) in [6, 6.07) is 8.96. The van der Waals surface area contributed by atoms with Crippen LogP contribution in [-0.4, -0.2) is 0 Å². The molecule has 0 saturated carbocycles. The molecule has 2 aromatic rings. The third-order valence-electron chi connectivity index (χ3n) is 2.82. The molecule has 0 aliphatic heterocycles. The summed E-state index contributed by atoms with van der Waals surface area (Å²) < 4.78 is 14.2. The molecule has 88 valence electrons. The number of halogens is 2. The Morgan fingerprint density at radius 2 is 1.76 bits per heavy atom. The highest BCUT2D eigenvalue weighted by Crippen LogP contribution is 2.32. The van der Waals surface area contributed by atoms with Crippen LogP contribution in [0.4, 0.5) is 10.1 Å². The third kappa shape index (κ3) is 2.34. The zero-order valence-corrected chi connectivity index (χ0v) is 11.3. The van der Waals surface area contributed by atoms with Crippen LogP contribution in [-0.2, 0) is 0 Å². The maximum Gasteiger partial charge on any atom is 0.126 e. The molecule has 0 unspecified atom stereocenters. The highest BCUT2D eigenvalue weighted by atomic mass is 79.9. The highest BCUT2D eigenvalue weighted by molar-refractivity contribution is 9.10. The molecule has 0 spiro atoms. The first-order valence-electron chi connectivity index (χ1n) is 5.31. The lowest BCUT2D eigenvalue weighted by atomic mass is 9.99. The summed E-state index contributed by atoms with van der Waals surface area (Å²) in [5.74, 6) is -0.195. The van der Waals surface area contributed by atoms with Gasteiger partial charge in [-0.3, -0.25) is 0 Å². The fourth-order valence-corrected chi connectivity index (χ4v) is 2.38. The van der Waals surface area contributed by atoms with E-state index in [4.69, 9.17) is 5.73 Å². The molecule has 17 heavy (non-hydrogen) atoms. The Morgan fingerprint density at radius 1 is 1.06 bits per heavy atom. The Kier molecular flexibility index (Phi) is 3.20. The number of hydrogen-bond donors (Lipinski definition) is 1. The smallest absolute Gasteiger partial charge is 0.126 e. The van der Waals surface area contributed by atoms with E-state index in [-0.39, 0.29) is 5.82 Å². The largest absolute Gasteiger partial charge is 0.398 e. The van der Waals surface area contributed by atoms with E-state index in [2.05, 4.69) is 15.9 Å². The van der Waals surface area contributed by atoms with Crippen LogP contribution in [0.15, 0.2) is 34.8 Å². The second-order valence-corrected chi connectivity index (χ2v) is 5.06. The second kappa shape index (κ2) is 4.49. The van der Waals surface area contributed by atoms with Gasteiger partial charge < -0.3 is 5.73 Å². The van der Waals surface area contributed by atoms with Gasteiger partial charge in [-0.1, -0.05) is 22.0 Å². The van der Waals surface area contributed by atoms with Crippen molar-refractivity contribution in [2.75, 3.05) is 5.73 Å². The van der Waals surface area contributed by atoms with Crippen LogP contribution < -0.4 is 5.73 Å². The van der Waals surface area contributed by atoms with E-state index < -0.39 is 0 Å². The van der Waals surface area contributed by atoms with Gasteiger partial charge in [0.1, 0.15) is 5.82 Å². The van der Waals surface area contributed by atoms with Crippen LogP contribution in [0.3, 0.4) is 0 Å². The average Bonchev–Trinajstić information content (AvgIpc) is 2.27. The summed E-state index contributed by atoms with van der Waals surface area (Å²) in [6.07, 6.45) is 0. The van der Waals surface area contributed by atoms with Gasteiger partial charge in [0.15, 0.2) is 0 Å². The lowest BCUT2D eigenvalue weighted by Crippen LogP contribution is -1.95. The molecule has 0 saturated heterocycles. The monoisotopic (exact) mass is 293 g/mol. The lowest BCUT2D eigenvalue weighted by molar-refractivity contribution is 0.619. The zero-order chi connectivity index (χ0) is 12.6. The molecule has 2 rings (SSSR count). The Bertz CT molecular complexity index is 579. The van der Waals surface area contributed by atoms with E-state index in [0.717, 1.165) is 26.9 Å². The Labute approximate surface area is 109 Å². The zero-order valence-electron chi connectivity index (χ0n) is 9.72. The molecule has 0 fully saturated rings. The normalized spacial score (nSPS) is 10.6. The number of benzene rings is 2. The predicted molar refractivity (Wildman–Crippen MR) is 73.4 cm³/mol. The molecular formula is C14H13BrFN. The van der Waals surface area contributed by atoms with Crippen LogP contribution in [0.5, 0.6) is 0 Å². The molecule has 2 aromatic carbocycles. The average molecular weight is 294 g/mol. The van der Waals surface area contributed by atoms with E-state index in [9.17, 15) is 4.39 Å². The van der Waals surface area contributed by atoms with Crippen molar-refractivity contribution in [3.8, 4) is 11.1 Å². The first-order chi connectivity index (χ1) is 7.99. The van der Waals surface area contributed by atoms with Gasteiger partial charge >= 0.3 is 0 Å². The van der Waals surface area contributed by atoms with Crippen molar-refractivity contribution in [1.29, 1.82) is 0 Å². The van der Waals surface area contributed by atoms with Crippen LogP contribution >= 0.6 is 15.9 Å². The summed E-state index contributed by atoms with van der Waals surface area (Å²) in [4.78, 5) is 0.